The zero-order chi connectivity index (χ0) is 12.5. The van der Waals surface area contributed by atoms with Crippen molar-refractivity contribution in [3.63, 3.8) is 0 Å². The fourth-order valence-electron chi connectivity index (χ4n) is 0.278. The molecule has 9 nitrogen and oxygen atoms in total. The number of hydrogen-bond acceptors (Lipinski definition) is 8. The molecule has 0 aliphatic heterocycles. The molecule has 14 heteroatoms. The number of phosphoric acid groups is 2. The molecule has 0 atom stereocenters. The number of nitrogens with one attached hydrogen (secondary N) is 1. The van der Waals surface area contributed by atoms with E-state index in [1.165, 1.54) is 0 Å². The first-order valence-corrected chi connectivity index (χ1v) is 5.96. The van der Waals surface area contributed by atoms with Crippen molar-refractivity contribution in [2.24, 2.45) is 0 Å². The van der Waals surface area contributed by atoms with E-state index in [2.05, 4.69) is 4.98 Å². The van der Waals surface area contributed by atoms with Crippen molar-refractivity contribution in [3.05, 3.63) is 24.5 Å². The minimum Gasteiger partial charge on any atom is -0.822 e. The Labute approximate surface area is 193 Å². The predicted molar refractivity (Wildman–Crippen MR) is 53.3 cm³/mol. The summed E-state index contributed by atoms with van der Waals surface area (Å²) in [7, 11) is -10.8. The minimum atomic E-state index is -5.39. The summed E-state index contributed by atoms with van der Waals surface area (Å²) < 4.78 is 17.1. The zero-order valence-electron chi connectivity index (χ0n) is 9.09. The quantitative estimate of drug-likeness (QED) is 0.342. The first-order valence-electron chi connectivity index (χ1n) is 3.04. The van der Waals surface area contributed by atoms with Gasteiger partial charge >= 0.3 is 113 Å². The van der Waals surface area contributed by atoms with Crippen LogP contribution in [-0.4, -0.2) is 118 Å². The first kappa shape index (κ1) is 33.0. The van der Waals surface area contributed by atoms with Gasteiger partial charge in [0.1, 0.15) is 0 Å². The largest absolute Gasteiger partial charge is 2.00 e. The third-order valence-corrected chi connectivity index (χ3v) is 0.496. The van der Waals surface area contributed by atoms with Crippen LogP contribution in [0.4, 0.5) is 0 Å². The number of hydrogen-bond donors (Lipinski definition) is 1. The maximum absolute atomic E-state index is 8.55. The van der Waals surface area contributed by atoms with Gasteiger partial charge in [-0.3, -0.25) is 0 Å². The summed E-state index contributed by atoms with van der Waals surface area (Å²) >= 11 is 0. The van der Waals surface area contributed by atoms with Gasteiger partial charge in [0.25, 0.3) is 0 Å². The second-order valence-electron chi connectivity index (χ2n) is 1.78. The topological polar surface area (TPSA) is 188 Å². The smallest absolute Gasteiger partial charge is 0.822 e. The molecule has 0 aliphatic rings. The third-order valence-electron chi connectivity index (χ3n) is 0.496. The van der Waals surface area contributed by atoms with E-state index in [0.29, 0.717) is 0 Å². The summed E-state index contributed by atoms with van der Waals surface area (Å²) in [5.74, 6) is 0. The number of rotatable bonds is 0. The van der Waals surface area contributed by atoms with Crippen LogP contribution in [0.5, 0.6) is 0 Å². The van der Waals surface area contributed by atoms with Gasteiger partial charge < -0.3 is 43.5 Å². The number of aromatic amines is 1. The predicted octanol–water partition coefficient (Wildman–Crippen LogP) is -5.78. The molecule has 0 bridgehead atoms. The van der Waals surface area contributed by atoms with Crippen molar-refractivity contribution < 1.29 is 38.5 Å². The van der Waals surface area contributed by atoms with E-state index in [9.17, 15) is 0 Å². The van der Waals surface area contributed by atoms with Crippen molar-refractivity contribution >= 4 is 129 Å². The summed E-state index contributed by atoms with van der Waals surface area (Å²) in [6.07, 6.45) is 3.75. The Morgan fingerprint density at radius 1 is 0.667 bits per heavy atom. The molecule has 0 fully saturated rings. The summed E-state index contributed by atoms with van der Waals surface area (Å²) in [4.78, 5) is 54.2. The monoisotopic (exact) mass is 377 g/mol. The summed E-state index contributed by atoms with van der Waals surface area (Å²) in [6, 6.07) is 3.89. The summed E-state index contributed by atoms with van der Waals surface area (Å²) in [5.41, 5.74) is 0. The molecule has 0 amide bonds. The van der Waals surface area contributed by atoms with Crippen LogP contribution in [-0.2, 0) is 9.13 Å². The molecule has 1 N–H and O–H groups in total. The molecule has 0 radical (unpaired) electrons. The van der Waals surface area contributed by atoms with Gasteiger partial charge in [0, 0.05) is 12.4 Å². The van der Waals surface area contributed by atoms with Crippen molar-refractivity contribution in [1.82, 2.24) is 4.98 Å². The molecule has 1 aromatic rings. The van der Waals surface area contributed by atoms with Crippen molar-refractivity contribution in [2.75, 3.05) is 0 Å². The van der Waals surface area contributed by atoms with Gasteiger partial charge in [0.05, 0.1) is 0 Å². The third kappa shape index (κ3) is 94.0. The molecule has 1 aromatic heterocycles. The molecule has 90 valence electrons. The molecule has 0 aromatic carbocycles. The van der Waals surface area contributed by atoms with E-state index >= 15 is 0 Å². The van der Waals surface area contributed by atoms with Gasteiger partial charge in [-0.15, -0.1) is 0 Å². The van der Waals surface area contributed by atoms with Crippen molar-refractivity contribution in [2.45, 2.75) is 0 Å². The Kier molecular flexibility index (Phi) is 33.6. The minimum absolute atomic E-state index is 0. The molecule has 0 saturated heterocycles. The number of H-pyrrole nitrogens is 1. The van der Waals surface area contributed by atoms with Crippen LogP contribution >= 0.6 is 15.6 Å². The molecule has 1 rings (SSSR count). The summed E-state index contributed by atoms with van der Waals surface area (Å²) in [5, 5.41) is 0. The molecule has 0 spiro atoms. The Bertz CT molecular complexity index is 269. The van der Waals surface area contributed by atoms with Crippen molar-refractivity contribution in [3.8, 4) is 0 Å². The Balaban J connectivity index is -0.0000000433. The molecule has 18 heavy (non-hydrogen) atoms. The van der Waals surface area contributed by atoms with Crippen LogP contribution in [0.25, 0.3) is 0 Å². The van der Waals surface area contributed by atoms with Crippen LogP contribution in [0, 0.1) is 0 Å². The maximum atomic E-state index is 8.55. The van der Waals surface area contributed by atoms with Gasteiger partial charge in [0.2, 0.25) is 0 Å². The average Bonchev–Trinajstić information content (AvgIpc) is 2.28. The van der Waals surface area contributed by atoms with Crippen LogP contribution in [0.2, 0.25) is 0 Å². The van der Waals surface area contributed by atoms with Crippen LogP contribution in [0.3, 0.4) is 0 Å². The molecule has 1 heterocycles. The molecular weight excluding hydrogens is 372 g/mol. The molecular formula is C4H5Ca3NO8P2. The van der Waals surface area contributed by atoms with Gasteiger partial charge in [-0.2, -0.15) is 15.6 Å². The number of aromatic nitrogens is 1. The van der Waals surface area contributed by atoms with Gasteiger partial charge in [-0.1, -0.05) is 0 Å². The normalized spacial score (nSPS) is 8.78. The first-order chi connectivity index (χ1) is 6.50. The standard InChI is InChI=1S/C4H5N.3Ca.2H3O4P/c1-2-4-5-3-1;;;;2*1-5(2,3)4/h1-5H;;;;2*(H3,1,2,3,4)/q;3*+2;;/p-6. The Morgan fingerprint density at radius 2 is 0.833 bits per heavy atom. The van der Waals surface area contributed by atoms with Crippen molar-refractivity contribution in [1.29, 1.82) is 0 Å². The Hall–Kier alpha value is 3.28. The maximum Gasteiger partial charge on any atom is 2.00 e. The molecule has 0 saturated carbocycles. The second kappa shape index (κ2) is 18.3. The Morgan fingerprint density at radius 3 is 0.889 bits per heavy atom. The second-order valence-corrected chi connectivity index (χ2v) is 3.57. The van der Waals surface area contributed by atoms with E-state index in [0.717, 1.165) is 0 Å². The fourth-order valence-corrected chi connectivity index (χ4v) is 0.278. The average molecular weight is 377 g/mol. The van der Waals surface area contributed by atoms with Crippen LogP contribution < -0.4 is 29.4 Å². The fraction of sp³-hybridized carbons (Fsp3) is 0. The molecule has 0 unspecified atom stereocenters. The van der Waals surface area contributed by atoms with Crippen LogP contribution in [0.15, 0.2) is 24.5 Å². The zero-order valence-corrected chi connectivity index (χ0v) is 17.5. The van der Waals surface area contributed by atoms with E-state index in [1.54, 1.807) is 0 Å². The van der Waals surface area contributed by atoms with E-state index in [4.69, 9.17) is 38.5 Å². The van der Waals surface area contributed by atoms with E-state index < -0.39 is 15.6 Å². The van der Waals surface area contributed by atoms with Gasteiger partial charge in [0.15, 0.2) is 0 Å². The van der Waals surface area contributed by atoms with Gasteiger partial charge in [-0.05, 0) is 12.1 Å². The SMILES string of the molecule is O=P([O-])([O-])[O-].O=P([O-])([O-])[O-].[Ca+2].[Ca+2].[Ca+2].c1cc[nH]c1. The van der Waals surface area contributed by atoms with Crippen LogP contribution in [0.1, 0.15) is 0 Å². The van der Waals surface area contributed by atoms with E-state index in [1.807, 2.05) is 24.5 Å². The van der Waals surface area contributed by atoms with E-state index in [-0.39, 0.29) is 113 Å². The summed E-state index contributed by atoms with van der Waals surface area (Å²) in [6.45, 7) is 0. The van der Waals surface area contributed by atoms with Gasteiger partial charge in [-0.25, -0.2) is 0 Å². The molecule has 0 aliphatic carbocycles.